The van der Waals surface area contributed by atoms with E-state index in [4.69, 9.17) is 4.74 Å². The van der Waals surface area contributed by atoms with Crippen LogP contribution in [0, 0.1) is 0 Å². The van der Waals surface area contributed by atoms with Crippen molar-refractivity contribution in [1.29, 1.82) is 0 Å². The van der Waals surface area contributed by atoms with Crippen LogP contribution in [0.25, 0.3) is 11.2 Å². The van der Waals surface area contributed by atoms with Gasteiger partial charge in [-0.25, -0.2) is 4.79 Å². The molecule has 0 bridgehead atoms. The molecule has 0 amide bonds. The molecule has 1 saturated heterocycles. The van der Waals surface area contributed by atoms with Crippen LogP contribution in [0.3, 0.4) is 0 Å². The first-order chi connectivity index (χ1) is 10.6. The highest BCUT2D eigenvalue weighted by atomic mass is 16.5. The molecule has 3 rings (SSSR count). The van der Waals surface area contributed by atoms with Gasteiger partial charge in [-0.15, -0.1) is 0 Å². The van der Waals surface area contributed by atoms with Gasteiger partial charge in [0, 0.05) is 26.7 Å². The minimum Gasteiger partial charge on any atom is -0.378 e. The summed E-state index contributed by atoms with van der Waals surface area (Å²) >= 11 is 0. The maximum Gasteiger partial charge on any atom is 0.329 e. The number of nitrogens with one attached hydrogen (secondary N) is 1. The molecule has 22 heavy (non-hydrogen) atoms. The molecule has 118 valence electrons. The van der Waals surface area contributed by atoms with Crippen molar-refractivity contribution in [3.63, 3.8) is 0 Å². The van der Waals surface area contributed by atoms with Gasteiger partial charge in [-0.3, -0.25) is 14.3 Å². The second kappa shape index (κ2) is 5.80. The van der Waals surface area contributed by atoms with Gasteiger partial charge in [0.2, 0.25) is 5.95 Å². The van der Waals surface area contributed by atoms with Gasteiger partial charge in [0.05, 0.1) is 13.2 Å². The van der Waals surface area contributed by atoms with Gasteiger partial charge in [0.25, 0.3) is 5.56 Å². The lowest BCUT2D eigenvalue weighted by atomic mass is 10.4. The van der Waals surface area contributed by atoms with Crippen LogP contribution < -0.4 is 16.1 Å². The highest BCUT2D eigenvalue weighted by Crippen LogP contribution is 2.20. The van der Waals surface area contributed by atoms with Crippen LogP contribution in [0.15, 0.2) is 21.7 Å². The monoisotopic (exact) mass is 305 g/mol. The molecule has 0 aromatic carbocycles. The molecule has 0 atom stereocenters. The number of imidazole rings is 1. The van der Waals surface area contributed by atoms with Gasteiger partial charge in [0.1, 0.15) is 0 Å². The van der Waals surface area contributed by atoms with Gasteiger partial charge in [-0.1, -0.05) is 12.2 Å². The maximum atomic E-state index is 12.2. The van der Waals surface area contributed by atoms with Crippen LogP contribution in [0.2, 0.25) is 0 Å². The Morgan fingerprint density at radius 3 is 2.73 bits per heavy atom. The zero-order valence-corrected chi connectivity index (χ0v) is 12.7. The standard InChI is InChI=1S/C14H19N5O3/c1-3-4-5-19-10-11(17(2)14(21)16-12(10)20)15-13(19)18-6-8-22-9-7-18/h3-4H,5-9H2,1-2H3,(H,16,20,21). The highest BCUT2D eigenvalue weighted by Gasteiger charge is 2.22. The van der Waals surface area contributed by atoms with Crippen molar-refractivity contribution in [2.75, 3.05) is 31.2 Å². The van der Waals surface area contributed by atoms with Gasteiger partial charge in [-0.2, -0.15) is 4.98 Å². The minimum atomic E-state index is -0.457. The number of morpholine rings is 1. The molecule has 0 aliphatic carbocycles. The lowest BCUT2D eigenvalue weighted by Gasteiger charge is -2.28. The average Bonchev–Trinajstić information content (AvgIpc) is 2.91. The maximum absolute atomic E-state index is 12.2. The van der Waals surface area contributed by atoms with Crippen LogP contribution in [-0.4, -0.2) is 45.4 Å². The first kappa shape index (κ1) is 14.6. The third-order valence-electron chi connectivity index (χ3n) is 3.80. The number of fused-ring (bicyclic) bond motifs is 1. The van der Waals surface area contributed by atoms with E-state index in [1.807, 2.05) is 23.6 Å². The van der Waals surface area contributed by atoms with E-state index in [0.29, 0.717) is 50.0 Å². The van der Waals surface area contributed by atoms with Gasteiger partial charge >= 0.3 is 5.69 Å². The number of anilines is 1. The summed E-state index contributed by atoms with van der Waals surface area (Å²) in [6.07, 6.45) is 3.88. The van der Waals surface area contributed by atoms with Crippen LogP contribution in [0.4, 0.5) is 5.95 Å². The number of nitrogens with zero attached hydrogens (tertiary/aromatic N) is 4. The van der Waals surface area contributed by atoms with Crippen LogP contribution in [0.1, 0.15) is 6.92 Å². The molecule has 2 aromatic heterocycles. The Kier molecular flexibility index (Phi) is 3.84. The number of hydrogen-bond donors (Lipinski definition) is 1. The zero-order valence-electron chi connectivity index (χ0n) is 12.7. The fraction of sp³-hybridized carbons (Fsp3) is 0.500. The Labute approximate surface area is 126 Å². The van der Waals surface area contributed by atoms with Crippen molar-refractivity contribution in [1.82, 2.24) is 19.1 Å². The topological polar surface area (TPSA) is 85.2 Å². The van der Waals surface area contributed by atoms with Crippen molar-refractivity contribution in [2.24, 2.45) is 7.05 Å². The first-order valence-electron chi connectivity index (χ1n) is 7.27. The van der Waals surface area contributed by atoms with Gasteiger partial charge < -0.3 is 14.2 Å². The molecule has 1 aliphatic rings. The molecule has 0 saturated carbocycles. The average molecular weight is 305 g/mol. The molecule has 0 spiro atoms. The fourth-order valence-corrected chi connectivity index (χ4v) is 2.61. The number of aryl methyl sites for hydroxylation is 1. The van der Waals surface area contributed by atoms with Crippen molar-refractivity contribution in [3.05, 3.63) is 33.0 Å². The Morgan fingerprint density at radius 1 is 1.32 bits per heavy atom. The van der Waals surface area contributed by atoms with Crippen molar-refractivity contribution >= 4 is 17.1 Å². The van der Waals surface area contributed by atoms with E-state index in [1.54, 1.807) is 7.05 Å². The number of ether oxygens (including phenoxy) is 1. The zero-order chi connectivity index (χ0) is 15.7. The van der Waals surface area contributed by atoms with E-state index in [1.165, 1.54) is 4.57 Å². The summed E-state index contributed by atoms with van der Waals surface area (Å²) in [6, 6.07) is 0. The lowest BCUT2D eigenvalue weighted by molar-refractivity contribution is 0.121. The molecule has 1 fully saturated rings. The van der Waals surface area contributed by atoms with Crippen molar-refractivity contribution in [2.45, 2.75) is 13.5 Å². The van der Waals surface area contributed by atoms with E-state index < -0.39 is 11.2 Å². The number of rotatable bonds is 3. The Morgan fingerprint density at radius 2 is 2.05 bits per heavy atom. The number of H-pyrrole nitrogens is 1. The van der Waals surface area contributed by atoms with Crippen molar-refractivity contribution < 1.29 is 4.74 Å². The molecular formula is C14H19N5O3. The number of allylic oxidation sites excluding steroid dienone is 2. The summed E-state index contributed by atoms with van der Waals surface area (Å²) < 4.78 is 8.58. The highest BCUT2D eigenvalue weighted by molar-refractivity contribution is 5.74. The van der Waals surface area contributed by atoms with Crippen LogP contribution in [-0.2, 0) is 18.3 Å². The van der Waals surface area contributed by atoms with Gasteiger partial charge in [-0.05, 0) is 6.92 Å². The van der Waals surface area contributed by atoms with E-state index in [0.717, 1.165) is 0 Å². The predicted octanol–water partition coefficient (Wildman–Crippen LogP) is -0.164. The molecule has 2 aromatic rings. The van der Waals surface area contributed by atoms with E-state index in [2.05, 4.69) is 14.9 Å². The summed E-state index contributed by atoms with van der Waals surface area (Å²) in [5.74, 6) is 0.697. The second-order valence-corrected chi connectivity index (χ2v) is 5.18. The second-order valence-electron chi connectivity index (χ2n) is 5.18. The first-order valence-corrected chi connectivity index (χ1v) is 7.27. The quantitative estimate of drug-likeness (QED) is 0.796. The largest absolute Gasteiger partial charge is 0.378 e. The third-order valence-corrected chi connectivity index (χ3v) is 3.80. The lowest BCUT2D eigenvalue weighted by Crippen LogP contribution is -2.38. The van der Waals surface area contributed by atoms with E-state index in [-0.39, 0.29) is 0 Å². The molecular weight excluding hydrogens is 286 g/mol. The molecule has 0 radical (unpaired) electrons. The Bertz CT molecular complexity index is 823. The van der Waals surface area contributed by atoms with Crippen LogP contribution >= 0.6 is 0 Å². The summed E-state index contributed by atoms with van der Waals surface area (Å²) in [5, 5.41) is 0. The summed E-state index contributed by atoms with van der Waals surface area (Å²) in [4.78, 5) is 33.0. The summed E-state index contributed by atoms with van der Waals surface area (Å²) in [6.45, 7) is 5.13. The number of hydrogen-bond acceptors (Lipinski definition) is 5. The molecule has 0 unspecified atom stereocenters. The molecule has 1 N–H and O–H groups in total. The van der Waals surface area contributed by atoms with E-state index >= 15 is 0 Å². The van der Waals surface area contributed by atoms with Gasteiger partial charge in [0.15, 0.2) is 11.2 Å². The van der Waals surface area contributed by atoms with Crippen LogP contribution in [0.5, 0.6) is 0 Å². The normalized spacial score (nSPS) is 16.0. The smallest absolute Gasteiger partial charge is 0.329 e. The van der Waals surface area contributed by atoms with E-state index in [9.17, 15) is 9.59 Å². The fourth-order valence-electron chi connectivity index (χ4n) is 2.61. The summed E-state index contributed by atoms with van der Waals surface area (Å²) in [7, 11) is 1.61. The molecule has 3 heterocycles. The molecule has 8 heteroatoms. The molecule has 1 aliphatic heterocycles. The Hall–Kier alpha value is -2.35. The predicted molar refractivity (Wildman–Crippen MR) is 83.4 cm³/mol. The minimum absolute atomic E-state index is 0.403. The Balaban J connectivity index is 2.25. The molecule has 8 nitrogen and oxygen atoms in total. The number of aromatic amines is 1. The SMILES string of the molecule is CC=CCn1c(N2CCOCC2)nc2c1c(=O)[nH]c(=O)n2C. The number of aromatic nitrogens is 4. The van der Waals surface area contributed by atoms with Crippen molar-refractivity contribution in [3.8, 4) is 0 Å². The third kappa shape index (κ3) is 2.35. The summed E-state index contributed by atoms with van der Waals surface area (Å²) in [5.41, 5.74) is -0.0437.